The van der Waals surface area contributed by atoms with Crippen LogP contribution in [-0.4, -0.2) is 16.2 Å². The van der Waals surface area contributed by atoms with Gasteiger partial charge in [-0.3, -0.25) is 4.57 Å². The Morgan fingerprint density at radius 1 is 0.526 bits per heavy atom. The smallest absolute Gasteiger partial charge is 0.137 e. The fourth-order valence-electron chi connectivity index (χ4n) is 11.6. The summed E-state index contributed by atoms with van der Waals surface area (Å²) in [5.74, 6) is 0.819. The van der Waals surface area contributed by atoms with Gasteiger partial charge < -0.3 is 14.5 Å². The van der Waals surface area contributed by atoms with Crippen molar-refractivity contribution in [3.8, 4) is 39.6 Å². The molecule has 0 saturated heterocycles. The molecule has 8 aromatic carbocycles. The number of benzene rings is 8. The van der Waals surface area contributed by atoms with Crippen LogP contribution < -0.4 is 14.5 Å². The molecular formula is C72H72N4OS. The number of para-hydroxylation sites is 2. The van der Waals surface area contributed by atoms with Crippen molar-refractivity contribution in [3.63, 3.8) is 0 Å². The largest absolute Gasteiger partial charge is 0.457 e. The van der Waals surface area contributed by atoms with Crippen molar-refractivity contribution in [2.45, 2.75) is 119 Å². The molecule has 0 aliphatic carbocycles. The van der Waals surface area contributed by atoms with E-state index in [2.05, 4.69) is 74.4 Å². The van der Waals surface area contributed by atoms with E-state index in [-0.39, 0.29) is 80.8 Å². The number of rotatable bonds is 7. The normalized spacial score (nSPS) is 15.9. The van der Waals surface area contributed by atoms with Crippen LogP contribution >= 0.6 is 11.3 Å². The van der Waals surface area contributed by atoms with Gasteiger partial charge in [-0.1, -0.05) is 174 Å². The summed E-state index contributed by atoms with van der Waals surface area (Å²) >= 11 is 1.56. The van der Waals surface area contributed by atoms with E-state index >= 15 is 0 Å². The van der Waals surface area contributed by atoms with E-state index in [1.165, 1.54) is 0 Å². The molecule has 0 unspecified atom stereocenters. The summed E-state index contributed by atoms with van der Waals surface area (Å²) in [5, 5.41) is 2.52. The van der Waals surface area contributed by atoms with Crippen LogP contribution in [-0.2, 0) is 21.7 Å². The molecular weight excluding hydrogens is 969 g/mol. The highest BCUT2D eigenvalue weighted by Gasteiger charge is 2.36. The van der Waals surface area contributed by atoms with Crippen molar-refractivity contribution in [1.82, 2.24) is 9.55 Å². The third kappa shape index (κ3) is 8.64. The van der Waals surface area contributed by atoms with Gasteiger partial charge in [0.2, 0.25) is 0 Å². The molecule has 1 aliphatic heterocycles. The van der Waals surface area contributed by atoms with Crippen LogP contribution in [0.2, 0.25) is 0 Å². The number of hydrogen-bond donors (Lipinski definition) is 0. The van der Waals surface area contributed by atoms with Crippen molar-refractivity contribution in [1.29, 1.82) is 0 Å². The quantitative estimate of drug-likeness (QED) is 0.159. The number of pyridine rings is 1. The number of aromatic nitrogens is 2. The van der Waals surface area contributed by atoms with Crippen LogP contribution in [0, 0.1) is 13.8 Å². The molecule has 0 spiro atoms. The minimum absolute atomic E-state index is 0.00444. The Hall–Kier alpha value is -7.67. The second-order valence-electron chi connectivity index (χ2n) is 24.7. The fourth-order valence-corrected chi connectivity index (χ4v) is 13.1. The maximum atomic E-state index is 10.1. The molecule has 0 radical (unpaired) electrons. The molecule has 78 heavy (non-hydrogen) atoms. The Morgan fingerprint density at radius 2 is 1.15 bits per heavy atom. The van der Waals surface area contributed by atoms with E-state index in [4.69, 9.17) is 17.9 Å². The molecule has 0 bridgehead atoms. The Balaban J connectivity index is 1.08. The van der Waals surface area contributed by atoms with Gasteiger partial charge in [0.05, 0.1) is 47.3 Å². The van der Waals surface area contributed by atoms with Crippen molar-refractivity contribution in [3.05, 3.63) is 203 Å². The maximum absolute atomic E-state index is 10.1. The molecule has 392 valence electrons. The zero-order valence-electron chi connectivity index (χ0n) is 60.9. The predicted molar refractivity (Wildman–Crippen MR) is 335 cm³/mol. The van der Waals surface area contributed by atoms with Gasteiger partial charge >= 0.3 is 0 Å². The Kier molecular flexibility index (Phi) is 8.82. The molecule has 1 aliphatic rings. The highest BCUT2D eigenvalue weighted by molar-refractivity contribution is 7.27. The van der Waals surface area contributed by atoms with Crippen LogP contribution in [0.4, 0.5) is 22.7 Å². The van der Waals surface area contributed by atoms with Gasteiger partial charge in [0.1, 0.15) is 24.0 Å². The Morgan fingerprint density at radius 3 is 1.77 bits per heavy atom. The molecule has 0 N–H and O–H groups in total. The number of hydrogen-bond acceptors (Lipinski definition) is 5. The van der Waals surface area contributed by atoms with Crippen LogP contribution in [0.3, 0.4) is 0 Å². The molecule has 3 aromatic heterocycles. The molecule has 4 heterocycles. The van der Waals surface area contributed by atoms with Crippen LogP contribution in [0.15, 0.2) is 170 Å². The van der Waals surface area contributed by atoms with E-state index < -0.39 is 65.8 Å². The number of thiophene rings is 1. The van der Waals surface area contributed by atoms with E-state index in [9.17, 15) is 11.0 Å². The van der Waals surface area contributed by atoms with Crippen LogP contribution in [0.25, 0.3) is 70.0 Å². The van der Waals surface area contributed by atoms with Gasteiger partial charge in [-0.05, 0) is 141 Å². The lowest BCUT2D eigenvalue weighted by atomic mass is 9.75. The zero-order chi connectivity index (χ0) is 67.0. The Labute approximate surface area is 485 Å². The molecule has 0 amide bonds. The fraction of sp³-hybridized carbons (Fsp3) is 0.264. The van der Waals surface area contributed by atoms with E-state index in [1.807, 2.05) is 91.5 Å². The van der Waals surface area contributed by atoms with Gasteiger partial charge in [-0.15, -0.1) is 11.3 Å². The highest BCUT2D eigenvalue weighted by Crippen LogP contribution is 2.55. The minimum atomic E-state index is -0.684. The van der Waals surface area contributed by atoms with Gasteiger partial charge in [0, 0.05) is 66.1 Å². The van der Waals surface area contributed by atoms with E-state index in [0.29, 0.717) is 72.5 Å². The Bertz CT molecular complexity index is 4870. The third-order valence-corrected chi connectivity index (χ3v) is 16.5. The standard InChI is InChI=1S/C72H72N4OS/c1-44-62(46-24-17-15-18-25-46)66(63(47-26-19-16-20-27-47)45(2)65(44)72(12,13)14)75-43-74(57-30-21-22-31-58(57)75)50-28-23-29-51(41-50)77-52-32-33-54-60(42-52)76(61-40-48(36-37-73-61)69(3,4)5)59-35-34-53-55-38-49(70(6,7)8)39-56(71(9,10)11)67(55)78-68(53)64(54)59/h15-42H,43H2,1-14H3/i15D,16D,17D,18D,19D,20D,24D,25D,26D,27D,32D,33D,34D,35D. The lowest BCUT2D eigenvalue weighted by Gasteiger charge is -2.34. The molecule has 12 rings (SSSR count). The minimum Gasteiger partial charge on any atom is -0.457 e. The summed E-state index contributed by atoms with van der Waals surface area (Å²) in [5.41, 5.74) is 6.81. The average Bonchev–Trinajstić information content (AvgIpc) is 1.45. The van der Waals surface area contributed by atoms with Crippen molar-refractivity contribution < 1.29 is 23.9 Å². The van der Waals surface area contributed by atoms with Gasteiger partial charge in [0.25, 0.3) is 0 Å². The molecule has 11 aromatic rings. The van der Waals surface area contributed by atoms with Crippen molar-refractivity contribution in [2.75, 3.05) is 16.5 Å². The lowest BCUT2D eigenvalue weighted by Crippen LogP contribution is -2.26. The lowest BCUT2D eigenvalue weighted by molar-refractivity contribution is 0.483. The third-order valence-electron chi connectivity index (χ3n) is 15.2. The second kappa shape index (κ2) is 18.5. The van der Waals surface area contributed by atoms with Crippen molar-refractivity contribution >= 4 is 76.1 Å². The molecule has 5 nitrogen and oxygen atoms in total. The number of anilines is 4. The van der Waals surface area contributed by atoms with E-state index in [1.54, 1.807) is 41.8 Å². The van der Waals surface area contributed by atoms with Crippen LogP contribution in [0.5, 0.6) is 11.5 Å². The van der Waals surface area contributed by atoms with Gasteiger partial charge in [-0.25, -0.2) is 4.98 Å². The summed E-state index contributed by atoms with van der Waals surface area (Å²) in [6.07, 6.45) is 1.73. The number of ether oxygens (including phenoxy) is 1. The summed E-state index contributed by atoms with van der Waals surface area (Å²) in [4.78, 5) is 8.83. The first-order chi connectivity index (χ1) is 42.9. The first kappa shape index (κ1) is 37.2. The summed E-state index contributed by atoms with van der Waals surface area (Å²) in [6, 6.07) is 19.2. The van der Waals surface area contributed by atoms with Crippen LogP contribution in [0.1, 0.15) is 136 Å². The highest BCUT2D eigenvalue weighted by atomic mass is 32.1. The summed E-state index contributed by atoms with van der Waals surface area (Å²) < 4.78 is 141. The monoisotopic (exact) mass is 1050 g/mol. The first-order valence-corrected chi connectivity index (χ1v) is 27.4. The molecule has 0 saturated carbocycles. The molecule has 6 heteroatoms. The summed E-state index contributed by atoms with van der Waals surface area (Å²) in [6.45, 7) is 29.0. The van der Waals surface area contributed by atoms with E-state index in [0.717, 1.165) is 31.5 Å². The predicted octanol–water partition coefficient (Wildman–Crippen LogP) is 20.7. The zero-order valence-corrected chi connectivity index (χ0v) is 47.7. The summed E-state index contributed by atoms with van der Waals surface area (Å²) in [7, 11) is 0. The number of fused-ring (bicyclic) bond motifs is 8. The van der Waals surface area contributed by atoms with Gasteiger partial charge in [0.15, 0.2) is 0 Å². The first-order valence-electron chi connectivity index (χ1n) is 33.6. The topological polar surface area (TPSA) is 33.5 Å². The van der Waals surface area contributed by atoms with Gasteiger partial charge in [-0.2, -0.15) is 0 Å². The SMILES string of the molecule is [2H]c1c([2H])c([2H])c(-c2c(C)c(C(C)(C)C)c(C)c(-c3c([2H])c([2H])c([2H])c([2H])c3[2H])c2N2CN(c3cccc(Oc4cc5c(c([2H])c4[2H])c4c6sc7c(C(C)(C)C)cc(C(C)(C)C)cc7c6c([2H])c([2H])c4n5-c4cc(C(C)(C)C)ccn4)c3)c3ccccc32)c([2H])c1[2H]. The molecule has 0 fully saturated rings. The number of nitrogens with zero attached hydrogens (tertiary/aromatic N) is 4. The molecule has 0 atom stereocenters. The second-order valence-corrected chi connectivity index (χ2v) is 25.8. The van der Waals surface area contributed by atoms with Crippen molar-refractivity contribution in [2.24, 2.45) is 0 Å². The maximum Gasteiger partial charge on any atom is 0.137 e. The average molecular weight is 1060 g/mol.